The van der Waals surface area contributed by atoms with Gasteiger partial charge in [-0.3, -0.25) is 0 Å². The first-order valence-corrected chi connectivity index (χ1v) is 4.16. The van der Waals surface area contributed by atoms with Crippen LogP contribution in [-0.2, 0) is 0 Å². The van der Waals surface area contributed by atoms with E-state index in [2.05, 4.69) is 15.3 Å². The van der Waals surface area contributed by atoms with Gasteiger partial charge in [-0.2, -0.15) is 0 Å². The first kappa shape index (κ1) is 6.54. The van der Waals surface area contributed by atoms with E-state index in [-0.39, 0.29) is 0 Å². The number of fused-ring (bicyclic) bond motifs is 1. The van der Waals surface area contributed by atoms with Crippen molar-refractivity contribution in [2.45, 2.75) is 0 Å². The highest BCUT2D eigenvalue weighted by Gasteiger charge is 2.01. The smallest absolute Gasteiger partial charge is 0.143 e. The highest BCUT2D eigenvalue weighted by Crippen LogP contribution is 2.25. The summed E-state index contributed by atoms with van der Waals surface area (Å²) in [6.07, 6.45) is 3.41. The van der Waals surface area contributed by atoms with Crippen molar-refractivity contribution in [3.8, 4) is 0 Å². The lowest BCUT2D eigenvalue weighted by Crippen LogP contribution is -1.86. The largest absolute Gasteiger partial charge is 0.386 e. The van der Waals surface area contributed by atoms with E-state index in [0.717, 1.165) is 16.0 Å². The highest BCUT2D eigenvalue weighted by atomic mass is 32.1. The second kappa shape index (κ2) is 2.47. The first-order chi connectivity index (χ1) is 5.42. The molecule has 56 valence electrons. The van der Waals surface area contributed by atoms with Crippen molar-refractivity contribution in [2.24, 2.45) is 0 Å². The van der Waals surface area contributed by atoms with Gasteiger partial charge in [0.05, 0.1) is 5.69 Å². The molecule has 0 aliphatic heterocycles. The quantitative estimate of drug-likeness (QED) is 0.699. The maximum Gasteiger partial charge on any atom is 0.143 e. The summed E-state index contributed by atoms with van der Waals surface area (Å²) in [5.41, 5.74) is 2.01. The number of thiophene rings is 1. The molecule has 0 amide bonds. The molecule has 4 heteroatoms. The summed E-state index contributed by atoms with van der Waals surface area (Å²) in [6, 6.07) is 0. The molecule has 11 heavy (non-hydrogen) atoms. The Labute approximate surface area is 68.1 Å². The fourth-order valence-electron chi connectivity index (χ4n) is 0.944. The van der Waals surface area contributed by atoms with Gasteiger partial charge in [0.15, 0.2) is 0 Å². The van der Waals surface area contributed by atoms with Crippen molar-refractivity contribution < 1.29 is 0 Å². The van der Waals surface area contributed by atoms with Crippen LogP contribution in [0.5, 0.6) is 0 Å². The molecule has 0 saturated heterocycles. The van der Waals surface area contributed by atoms with Crippen molar-refractivity contribution in [1.82, 2.24) is 9.97 Å². The molecule has 2 aromatic heterocycles. The van der Waals surface area contributed by atoms with E-state index in [9.17, 15) is 0 Å². The number of rotatable bonds is 1. The Bertz CT molecular complexity index is 368. The van der Waals surface area contributed by atoms with E-state index in [0.29, 0.717) is 0 Å². The number of hydrogen-bond acceptors (Lipinski definition) is 4. The molecule has 2 aromatic rings. The molecule has 2 rings (SSSR count). The van der Waals surface area contributed by atoms with Crippen LogP contribution in [0, 0.1) is 0 Å². The van der Waals surface area contributed by atoms with Gasteiger partial charge in [-0.15, -0.1) is 11.3 Å². The lowest BCUT2D eigenvalue weighted by molar-refractivity contribution is 1.31. The molecule has 0 atom stereocenters. The predicted molar refractivity (Wildman–Crippen MR) is 47.0 cm³/mol. The molecule has 0 bridgehead atoms. The molecular weight excluding hydrogens is 158 g/mol. The SMILES string of the molecule is CNc1csc2nccnc12. The third-order valence-electron chi connectivity index (χ3n) is 1.48. The van der Waals surface area contributed by atoms with Crippen LogP contribution in [0.4, 0.5) is 5.69 Å². The lowest BCUT2D eigenvalue weighted by atomic mass is 10.4. The topological polar surface area (TPSA) is 37.8 Å². The van der Waals surface area contributed by atoms with E-state index in [1.54, 1.807) is 23.7 Å². The van der Waals surface area contributed by atoms with E-state index in [1.165, 1.54) is 0 Å². The summed E-state index contributed by atoms with van der Waals surface area (Å²) >= 11 is 1.60. The summed E-state index contributed by atoms with van der Waals surface area (Å²) in [6.45, 7) is 0. The summed E-state index contributed by atoms with van der Waals surface area (Å²) in [4.78, 5) is 9.35. The second-order valence-corrected chi connectivity index (χ2v) is 2.97. The van der Waals surface area contributed by atoms with E-state index >= 15 is 0 Å². The van der Waals surface area contributed by atoms with E-state index < -0.39 is 0 Å². The zero-order chi connectivity index (χ0) is 7.68. The Kier molecular flexibility index (Phi) is 1.47. The maximum atomic E-state index is 4.20. The molecule has 0 unspecified atom stereocenters. The number of aromatic nitrogens is 2. The van der Waals surface area contributed by atoms with E-state index in [1.807, 2.05) is 12.4 Å². The normalized spacial score (nSPS) is 10.3. The van der Waals surface area contributed by atoms with Crippen molar-refractivity contribution in [1.29, 1.82) is 0 Å². The molecule has 0 fully saturated rings. The van der Waals surface area contributed by atoms with Crippen LogP contribution in [0.1, 0.15) is 0 Å². The van der Waals surface area contributed by atoms with Crippen LogP contribution < -0.4 is 5.32 Å². The average molecular weight is 165 g/mol. The second-order valence-electron chi connectivity index (χ2n) is 2.11. The number of nitrogens with one attached hydrogen (secondary N) is 1. The summed E-state index contributed by atoms with van der Waals surface area (Å²) in [7, 11) is 1.89. The van der Waals surface area contributed by atoms with Crippen LogP contribution in [0.2, 0.25) is 0 Å². The van der Waals surface area contributed by atoms with Crippen molar-refractivity contribution >= 4 is 27.4 Å². The number of hydrogen-bond donors (Lipinski definition) is 1. The molecule has 0 aliphatic carbocycles. The Morgan fingerprint density at radius 2 is 2.18 bits per heavy atom. The van der Waals surface area contributed by atoms with Gasteiger partial charge in [-0.05, 0) is 0 Å². The Balaban J connectivity index is 2.76. The number of nitrogens with zero attached hydrogens (tertiary/aromatic N) is 2. The van der Waals surface area contributed by atoms with Gasteiger partial charge < -0.3 is 5.32 Å². The van der Waals surface area contributed by atoms with Gasteiger partial charge in [-0.25, -0.2) is 9.97 Å². The van der Waals surface area contributed by atoms with Gasteiger partial charge in [0.1, 0.15) is 10.3 Å². The minimum absolute atomic E-state index is 0.958. The maximum absolute atomic E-state index is 4.20. The molecule has 1 N–H and O–H groups in total. The lowest BCUT2D eigenvalue weighted by Gasteiger charge is -1.92. The summed E-state index contributed by atoms with van der Waals surface area (Å²) in [5.74, 6) is 0. The predicted octanol–water partition coefficient (Wildman–Crippen LogP) is 1.73. The van der Waals surface area contributed by atoms with Crippen LogP contribution in [0.25, 0.3) is 10.3 Å². The third-order valence-corrected chi connectivity index (χ3v) is 2.35. The fourth-order valence-corrected chi connectivity index (χ4v) is 1.80. The van der Waals surface area contributed by atoms with Gasteiger partial charge in [-0.1, -0.05) is 0 Å². The van der Waals surface area contributed by atoms with Crippen LogP contribution in [-0.4, -0.2) is 17.0 Å². The Hall–Kier alpha value is -1.16. The zero-order valence-electron chi connectivity index (χ0n) is 6.03. The third kappa shape index (κ3) is 0.952. The minimum atomic E-state index is 0.958. The van der Waals surface area contributed by atoms with E-state index in [4.69, 9.17) is 0 Å². The minimum Gasteiger partial charge on any atom is -0.386 e. The first-order valence-electron chi connectivity index (χ1n) is 3.28. The van der Waals surface area contributed by atoms with Crippen molar-refractivity contribution in [2.75, 3.05) is 12.4 Å². The molecule has 3 nitrogen and oxygen atoms in total. The molecule has 0 aliphatic rings. The number of anilines is 1. The molecule has 2 heterocycles. The van der Waals surface area contributed by atoms with Crippen LogP contribution in [0.15, 0.2) is 17.8 Å². The summed E-state index contributed by atoms with van der Waals surface area (Å²) in [5, 5.41) is 5.08. The van der Waals surface area contributed by atoms with Gasteiger partial charge in [0.2, 0.25) is 0 Å². The summed E-state index contributed by atoms with van der Waals surface area (Å²) < 4.78 is 0. The fraction of sp³-hybridized carbons (Fsp3) is 0.143. The van der Waals surface area contributed by atoms with Gasteiger partial charge in [0, 0.05) is 24.8 Å². The average Bonchev–Trinajstić information content (AvgIpc) is 2.47. The molecule has 0 spiro atoms. The van der Waals surface area contributed by atoms with Crippen molar-refractivity contribution in [3.63, 3.8) is 0 Å². The Morgan fingerprint density at radius 1 is 1.36 bits per heavy atom. The standard InChI is InChI=1S/C7H7N3S/c1-8-5-4-11-7-6(5)9-2-3-10-7/h2-4,8H,1H3. The van der Waals surface area contributed by atoms with Crippen LogP contribution in [0.3, 0.4) is 0 Å². The van der Waals surface area contributed by atoms with Gasteiger partial charge in [0.25, 0.3) is 0 Å². The molecule has 0 saturated carbocycles. The van der Waals surface area contributed by atoms with Crippen molar-refractivity contribution in [3.05, 3.63) is 17.8 Å². The molecule has 0 radical (unpaired) electrons. The highest BCUT2D eigenvalue weighted by molar-refractivity contribution is 7.17. The molecular formula is C7H7N3S. The zero-order valence-corrected chi connectivity index (χ0v) is 6.85. The molecule has 0 aromatic carbocycles. The van der Waals surface area contributed by atoms with Crippen LogP contribution >= 0.6 is 11.3 Å². The Morgan fingerprint density at radius 3 is 3.00 bits per heavy atom. The monoisotopic (exact) mass is 165 g/mol. The van der Waals surface area contributed by atoms with Gasteiger partial charge >= 0.3 is 0 Å².